The lowest BCUT2D eigenvalue weighted by Gasteiger charge is -2.19. The van der Waals surface area contributed by atoms with Crippen molar-refractivity contribution in [3.63, 3.8) is 0 Å². The van der Waals surface area contributed by atoms with Gasteiger partial charge in [-0.2, -0.15) is 0 Å². The fourth-order valence-electron chi connectivity index (χ4n) is 1.26. The number of hydrogen-bond donors (Lipinski definition) is 0. The van der Waals surface area contributed by atoms with Crippen LogP contribution in [0.25, 0.3) is 0 Å². The summed E-state index contributed by atoms with van der Waals surface area (Å²) in [6, 6.07) is 7.11. The van der Waals surface area contributed by atoms with Crippen LogP contribution in [-0.2, 0) is 20.9 Å². The Hall–Kier alpha value is -0.850. The smallest absolute Gasteiger partial charge is 0.362 e. The van der Waals surface area contributed by atoms with Gasteiger partial charge in [0.05, 0.1) is 6.61 Å². The van der Waals surface area contributed by atoms with Crippen LogP contribution in [0.5, 0.6) is 0 Å². The summed E-state index contributed by atoms with van der Waals surface area (Å²) in [5.74, 6) is -0.566. The zero-order chi connectivity index (χ0) is 15.3. The van der Waals surface area contributed by atoms with Crippen LogP contribution < -0.4 is 0 Å². The highest BCUT2D eigenvalue weighted by molar-refractivity contribution is 9.10. The van der Waals surface area contributed by atoms with Crippen LogP contribution >= 0.6 is 15.9 Å². The van der Waals surface area contributed by atoms with Gasteiger partial charge in [0.15, 0.2) is 0 Å². The number of nitrogens with zero attached hydrogens (tertiary/aromatic N) is 1. The van der Waals surface area contributed by atoms with Crippen molar-refractivity contribution in [1.29, 1.82) is 0 Å². The summed E-state index contributed by atoms with van der Waals surface area (Å²) in [4.78, 5) is 12.0. The fraction of sp³-hybridized carbons (Fsp3) is 0.429. The second kappa shape index (κ2) is 7.24. The van der Waals surface area contributed by atoms with Gasteiger partial charge in [0.1, 0.15) is 16.1 Å². The van der Waals surface area contributed by atoms with E-state index in [-0.39, 0.29) is 12.3 Å². The van der Waals surface area contributed by atoms with E-state index in [1.165, 1.54) is 0 Å². The minimum atomic E-state index is -1.53. The Morgan fingerprint density at radius 3 is 2.60 bits per heavy atom. The van der Waals surface area contributed by atoms with Crippen molar-refractivity contribution in [2.24, 2.45) is 4.40 Å². The molecular formula is C14H18BrNO3S. The molecule has 0 radical (unpaired) electrons. The van der Waals surface area contributed by atoms with Crippen LogP contribution in [0, 0.1) is 0 Å². The second-order valence-corrected chi connectivity index (χ2v) is 7.85. The van der Waals surface area contributed by atoms with Crippen molar-refractivity contribution >= 4 is 39.0 Å². The molecule has 1 unspecified atom stereocenters. The van der Waals surface area contributed by atoms with Gasteiger partial charge in [-0.3, -0.25) is 0 Å². The quantitative estimate of drug-likeness (QED) is 0.470. The maximum atomic E-state index is 12.1. The van der Waals surface area contributed by atoms with E-state index >= 15 is 0 Å². The van der Waals surface area contributed by atoms with Crippen molar-refractivity contribution in [2.45, 2.75) is 32.4 Å². The van der Waals surface area contributed by atoms with E-state index in [0.29, 0.717) is 5.56 Å². The van der Waals surface area contributed by atoms with Gasteiger partial charge in [-0.05, 0) is 39.8 Å². The van der Waals surface area contributed by atoms with Crippen molar-refractivity contribution in [3.8, 4) is 0 Å². The minimum absolute atomic E-state index is 0.0846. The van der Waals surface area contributed by atoms with E-state index in [1.807, 2.05) is 6.07 Å². The third-order valence-corrected chi connectivity index (χ3v) is 4.15. The number of ether oxygens (including phenoxy) is 1. The fourth-order valence-corrected chi connectivity index (χ4v) is 2.28. The molecule has 1 aromatic rings. The van der Waals surface area contributed by atoms with Crippen LogP contribution in [0.1, 0.15) is 33.3 Å². The summed E-state index contributed by atoms with van der Waals surface area (Å²) in [5, 5.41) is 0. The Morgan fingerprint density at radius 2 is 2.10 bits per heavy atom. The van der Waals surface area contributed by atoms with Crippen LogP contribution in [0.15, 0.2) is 33.1 Å². The van der Waals surface area contributed by atoms with Gasteiger partial charge < -0.3 is 9.29 Å². The molecule has 0 aliphatic heterocycles. The molecule has 1 rings (SSSR count). The maximum Gasteiger partial charge on any atom is 0.362 e. The highest BCUT2D eigenvalue weighted by Crippen LogP contribution is 2.20. The van der Waals surface area contributed by atoms with Gasteiger partial charge in [0, 0.05) is 10.0 Å². The molecule has 0 saturated carbocycles. The molecule has 0 spiro atoms. The first-order valence-corrected chi connectivity index (χ1v) is 8.09. The molecular weight excluding hydrogens is 342 g/mol. The van der Waals surface area contributed by atoms with Crippen molar-refractivity contribution < 1.29 is 14.1 Å². The third kappa shape index (κ3) is 4.92. The molecule has 0 aliphatic carbocycles. The van der Waals surface area contributed by atoms with Gasteiger partial charge in [0.2, 0.25) is 5.71 Å². The van der Waals surface area contributed by atoms with Crippen LogP contribution in [0.4, 0.5) is 0 Å². The number of esters is 1. The highest BCUT2D eigenvalue weighted by atomic mass is 79.9. The van der Waals surface area contributed by atoms with Crippen LogP contribution in [-0.4, -0.2) is 27.6 Å². The summed E-state index contributed by atoms with van der Waals surface area (Å²) < 4.78 is 21.5. The van der Waals surface area contributed by atoms with Crippen LogP contribution in [0.3, 0.4) is 0 Å². The number of hydrogen-bond acceptors (Lipinski definition) is 4. The van der Waals surface area contributed by atoms with E-state index in [1.54, 1.807) is 45.9 Å². The summed E-state index contributed by atoms with van der Waals surface area (Å²) >= 11 is 1.81. The van der Waals surface area contributed by atoms with E-state index in [2.05, 4.69) is 20.3 Å². The average Bonchev–Trinajstić information content (AvgIpc) is 2.34. The zero-order valence-electron chi connectivity index (χ0n) is 12.0. The molecule has 0 N–H and O–H groups in total. The first-order valence-electron chi connectivity index (χ1n) is 6.19. The second-order valence-electron chi connectivity index (χ2n) is 5.03. The lowest BCUT2D eigenvalue weighted by Crippen LogP contribution is -2.29. The first-order chi connectivity index (χ1) is 9.25. The highest BCUT2D eigenvalue weighted by Gasteiger charge is 2.29. The Morgan fingerprint density at radius 1 is 1.45 bits per heavy atom. The van der Waals surface area contributed by atoms with Gasteiger partial charge in [-0.25, -0.2) is 4.79 Å². The van der Waals surface area contributed by atoms with E-state index in [0.717, 1.165) is 4.47 Å². The first kappa shape index (κ1) is 17.2. The zero-order valence-corrected chi connectivity index (χ0v) is 14.4. The van der Waals surface area contributed by atoms with Crippen molar-refractivity contribution in [3.05, 3.63) is 34.3 Å². The van der Waals surface area contributed by atoms with E-state index in [9.17, 15) is 9.35 Å². The molecule has 0 heterocycles. The van der Waals surface area contributed by atoms with Gasteiger partial charge >= 0.3 is 5.97 Å². The molecule has 0 amide bonds. The SMILES string of the molecule is CCOC(=O)C(=N[S+]([O-])C(C)(C)C)c1cccc(Br)c1. The normalized spacial score (nSPS) is 14.0. The predicted molar refractivity (Wildman–Crippen MR) is 85.2 cm³/mol. The molecule has 1 atom stereocenters. The maximum absolute atomic E-state index is 12.1. The average molecular weight is 360 g/mol. The molecule has 0 aliphatic rings. The Labute approximate surface area is 131 Å². The lowest BCUT2D eigenvalue weighted by molar-refractivity contribution is -0.134. The Balaban J connectivity index is 3.22. The molecule has 0 bridgehead atoms. The number of carbonyl (C=O) groups is 1. The van der Waals surface area contributed by atoms with E-state index < -0.39 is 22.1 Å². The predicted octanol–water partition coefficient (Wildman–Crippen LogP) is 3.26. The molecule has 6 heteroatoms. The third-order valence-electron chi connectivity index (χ3n) is 2.26. The van der Waals surface area contributed by atoms with Gasteiger partial charge in [0.25, 0.3) is 0 Å². The number of halogens is 1. The Kier molecular flexibility index (Phi) is 6.23. The molecule has 0 aromatic heterocycles. The molecule has 4 nitrogen and oxygen atoms in total. The Bertz CT molecular complexity index is 511. The largest absolute Gasteiger partial charge is 0.591 e. The monoisotopic (exact) mass is 359 g/mol. The number of carbonyl (C=O) groups excluding carboxylic acids is 1. The molecule has 110 valence electrons. The summed E-state index contributed by atoms with van der Waals surface area (Å²) in [7, 11) is 0. The van der Waals surface area contributed by atoms with Gasteiger partial charge in [-0.1, -0.05) is 32.5 Å². The molecule has 1 aromatic carbocycles. The molecule has 0 saturated heterocycles. The van der Waals surface area contributed by atoms with E-state index in [4.69, 9.17) is 4.74 Å². The molecule has 0 fully saturated rings. The van der Waals surface area contributed by atoms with Crippen molar-refractivity contribution in [1.82, 2.24) is 0 Å². The summed E-state index contributed by atoms with van der Waals surface area (Å²) in [6.45, 7) is 7.37. The molecule has 20 heavy (non-hydrogen) atoms. The topological polar surface area (TPSA) is 61.7 Å². The number of benzene rings is 1. The van der Waals surface area contributed by atoms with Crippen molar-refractivity contribution in [2.75, 3.05) is 6.61 Å². The lowest BCUT2D eigenvalue weighted by atomic mass is 10.1. The van der Waals surface area contributed by atoms with Crippen LogP contribution in [0.2, 0.25) is 0 Å². The summed E-state index contributed by atoms with van der Waals surface area (Å²) in [5.41, 5.74) is 0.664. The summed E-state index contributed by atoms with van der Waals surface area (Å²) in [6.07, 6.45) is 0. The minimum Gasteiger partial charge on any atom is -0.591 e. The van der Waals surface area contributed by atoms with Gasteiger partial charge in [-0.15, -0.1) is 0 Å². The standard InChI is InChI=1S/C14H18BrNO3S/c1-5-19-13(17)12(16-20(18)14(2,3)4)10-7-6-8-11(15)9-10/h6-9H,5H2,1-4H3. The number of rotatable bonds is 4.